The molecule has 90 valence electrons. The average molecular weight is 219 g/mol. The first-order valence-electron chi connectivity index (χ1n) is 5.21. The lowest BCUT2D eigenvalue weighted by Crippen LogP contribution is -2.39. The Hall–Kier alpha value is -0.650. The van der Waals surface area contributed by atoms with Crippen LogP contribution in [0.2, 0.25) is 0 Å². The fraction of sp³-hybridized carbons (Fsp3) is 0.900. The summed E-state index contributed by atoms with van der Waals surface area (Å²) < 4.78 is 9.99. The Morgan fingerprint density at radius 2 is 2.27 bits per heavy atom. The predicted molar refractivity (Wildman–Crippen MR) is 56.6 cm³/mol. The molecule has 0 heterocycles. The van der Waals surface area contributed by atoms with Crippen LogP contribution in [0.25, 0.3) is 0 Å². The van der Waals surface area contributed by atoms with E-state index in [4.69, 9.17) is 14.6 Å². The number of carbonyl (C=O) groups is 1. The third-order valence-electron chi connectivity index (χ3n) is 1.89. The lowest BCUT2D eigenvalue weighted by molar-refractivity contribution is -0.123. The van der Waals surface area contributed by atoms with Gasteiger partial charge in [-0.2, -0.15) is 0 Å². The molecule has 0 bridgehead atoms. The summed E-state index contributed by atoms with van der Waals surface area (Å²) in [5.41, 5.74) is 0. The van der Waals surface area contributed by atoms with E-state index in [1.807, 2.05) is 6.92 Å². The van der Waals surface area contributed by atoms with Crippen molar-refractivity contribution in [2.45, 2.75) is 25.8 Å². The lowest BCUT2D eigenvalue weighted by atomic mass is 10.2. The second kappa shape index (κ2) is 9.89. The fourth-order valence-corrected chi connectivity index (χ4v) is 1.16. The lowest BCUT2D eigenvalue weighted by Gasteiger charge is -2.16. The quantitative estimate of drug-likeness (QED) is 0.533. The zero-order valence-corrected chi connectivity index (χ0v) is 9.49. The summed E-state index contributed by atoms with van der Waals surface area (Å²) in [5, 5.41) is 11.5. The first-order valence-corrected chi connectivity index (χ1v) is 5.21. The molecule has 2 N–H and O–H groups in total. The molecule has 0 aliphatic carbocycles. The monoisotopic (exact) mass is 219 g/mol. The number of ether oxygens (including phenoxy) is 2. The number of nitrogens with one attached hydrogen (secondary N) is 1. The minimum absolute atomic E-state index is 0.0414. The molecule has 5 nitrogen and oxygen atoms in total. The Kier molecular flexibility index (Phi) is 9.46. The Balaban J connectivity index is 3.67. The van der Waals surface area contributed by atoms with Gasteiger partial charge in [-0.25, -0.2) is 0 Å². The van der Waals surface area contributed by atoms with Crippen LogP contribution >= 0.6 is 0 Å². The van der Waals surface area contributed by atoms with Crippen LogP contribution in [-0.4, -0.2) is 50.6 Å². The van der Waals surface area contributed by atoms with Crippen molar-refractivity contribution in [1.29, 1.82) is 0 Å². The van der Waals surface area contributed by atoms with Gasteiger partial charge in [0.15, 0.2) is 0 Å². The van der Waals surface area contributed by atoms with Crippen LogP contribution in [0, 0.1) is 0 Å². The Morgan fingerprint density at radius 3 is 2.80 bits per heavy atom. The molecule has 0 aliphatic rings. The largest absolute Gasteiger partial charge is 0.396 e. The van der Waals surface area contributed by atoms with E-state index >= 15 is 0 Å². The van der Waals surface area contributed by atoms with Crippen molar-refractivity contribution in [3.05, 3.63) is 0 Å². The second-order valence-corrected chi connectivity index (χ2v) is 3.18. The third kappa shape index (κ3) is 8.35. The SMILES string of the molecule is CCOCCC(=O)NC(CCO)COC. The zero-order chi connectivity index (χ0) is 11.5. The maximum atomic E-state index is 11.3. The highest BCUT2D eigenvalue weighted by molar-refractivity contribution is 5.76. The number of aliphatic hydroxyl groups is 1. The molecule has 1 amide bonds. The van der Waals surface area contributed by atoms with Gasteiger partial charge in [-0.3, -0.25) is 4.79 Å². The smallest absolute Gasteiger partial charge is 0.222 e. The Morgan fingerprint density at radius 1 is 1.53 bits per heavy atom. The van der Waals surface area contributed by atoms with Crippen LogP contribution in [0.5, 0.6) is 0 Å². The van der Waals surface area contributed by atoms with Crippen LogP contribution in [0.15, 0.2) is 0 Å². The van der Waals surface area contributed by atoms with Crippen LogP contribution in [0.1, 0.15) is 19.8 Å². The van der Waals surface area contributed by atoms with Crippen LogP contribution in [-0.2, 0) is 14.3 Å². The van der Waals surface area contributed by atoms with E-state index in [0.717, 1.165) is 0 Å². The molecule has 0 aromatic carbocycles. The predicted octanol–water partition coefficient (Wildman–Crippen LogP) is -0.0734. The molecule has 1 unspecified atom stereocenters. The molecular weight excluding hydrogens is 198 g/mol. The molecular formula is C10H21NO4. The van der Waals surface area contributed by atoms with E-state index in [2.05, 4.69) is 5.32 Å². The number of hydrogen-bond donors (Lipinski definition) is 2. The standard InChI is InChI=1S/C10H21NO4/c1-3-15-7-5-10(13)11-9(4-6-12)8-14-2/h9,12H,3-8H2,1-2H3,(H,11,13). The topological polar surface area (TPSA) is 67.8 Å². The molecule has 15 heavy (non-hydrogen) atoms. The molecule has 0 fully saturated rings. The number of methoxy groups -OCH3 is 1. The summed E-state index contributed by atoms with van der Waals surface area (Å²) in [7, 11) is 1.57. The first kappa shape index (κ1) is 14.3. The molecule has 0 radical (unpaired) electrons. The third-order valence-corrected chi connectivity index (χ3v) is 1.89. The van der Waals surface area contributed by atoms with Crippen molar-refractivity contribution in [2.75, 3.05) is 33.5 Å². The minimum Gasteiger partial charge on any atom is -0.396 e. The highest BCUT2D eigenvalue weighted by atomic mass is 16.5. The number of rotatable bonds is 9. The van der Waals surface area contributed by atoms with E-state index in [0.29, 0.717) is 32.7 Å². The van der Waals surface area contributed by atoms with E-state index in [-0.39, 0.29) is 18.6 Å². The minimum atomic E-state index is -0.117. The van der Waals surface area contributed by atoms with E-state index < -0.39 is 0 Å². The number of aliphatic hydroxyl groups excluding tert-OH is 1. The average Bonchev–Trinajstić information content (AvgIpc) is 2.19. The van der Waals surface area contributed by atoms with Crippen LogP contribution < -0.4 is 5.32 Å². The van der Waals surface area contributed by atoms with Gasteiger partial charge in [0, 0.05) is 26.7 Å². The van der Waals surface area contributed by atoms with Gasteiger partial charge in [0.05, 0.1) is 19.3 Å². The van der Waals surface area contributed by atoms with Gasteiger partial charge in [-0.05, 0) is 13.3 Å². The molecule has 0 rings (SSSR count). The summed E-state index contributed by atoms with van der Waals surface area (Å²) in [4.78, 5) is 11.3. The van der Waals surface area contributed by atoms with Gasteiger partial charge in [0.1, 0.15) is 0 Å². The highest BCUT2D eigenvalue weighted by Crippen LogP contribution is 1.93. The van der Waals surface area contributed by atoms with Crippen molar-refractivity contribution in [3.63, 3.8) is 0 Å². The molecule has 0 aromatic heterocycles. The highest BCUT2D eigenvalue weighted by Gasteiger charge is 2.10. The second-order valence-electron chi connectivity index (χ2n) is 3.18. The normalized spacial score (nSPS) is 12.5. The van der Waals surface area contributed by atoms with Crippen molar-refractivity contribution in [3.8, 4) is 0 Å². The molecule has 0 aliphatic heterocycles. The van der Waals surface area contributed by atoms with Gasteiger partial charge in [0.2, 0.25) is 5.91 Å². The summed E-state index contributed by atoms with van der Waals surface area (Å²) >= 11 is 0. The number of amides is 1. The molecule has 1 atom stereocenters. The maximum Gasteiger partial charge on any atom is 0.222 e. The summed E-state index contributed by atoms with van der Waals surface area (Å²) in [5.74, 6) is -0.0704. The van der Waals surface area contributed by atoms with Crippen molar-refractivity contribution >= 4 is 5.91 Å². The van der Waals surface area contributed by atoms with Gasteiger partial charge in [0.25, 0.3) is 0 Å². The van der Waals surface area contributed by atoms with Gasteiger partial charge >= 0.3 is 0 Å². The molecule has 0 spiro atoms. The van der Waals surface area contributed by atoms with E-state index in [9.17, 15) is 4.79 Å². The summed E-state index contributed by atoms with van der Waals surface area (Å²) in [6.07, 6.45) is 0.855. The van der Waals surface area contributed by atoms with Crippen molar-refractivity contribution in [2.24, 2.45) is 0 Å². The summed E-state index contributed by atoms with van der Waals surface area (Å²) in [6, 6.07) is -0.117. The van der Waals surface area contributed by atoms with Gasteiger partial charge < -0.3 is 19.9 Å². The van der Waals surface area contributed by atoms with E-state index in [1.165, 1.54) is 0 Å². The molecule has 0 saturated carbocycles. The van der Waals surface area contributed by atoms with Gasteiger partial charge in [-0.15, -0.1) is 0 Å². The zero-order valence-electron chi connectivity index (χ0n) is 9.49. The van der Waals surface area contributed by atoms with Crippen molar-refractivity contribution in [1.82, 2.24) is 5.32 Å². The fourth-order valence-electron chi connectivity index (χ4n) is 1.16. The van der Waals surface area contributed by atoms with Crippen molar-refractivity contribution < 1.29 is 19.4 Å². The summed E-state index contributed by atoms with van der Waals surface area (Å²) in [6.45, 7) is 3.39. The maximum absolute atomic E-state index is 11.3. The molecule has 0 aromatic rings. The number of carbonyl (C=O) groups excluding carboxylic acids is 1. The van der Waals surface area contributed by atoms with Crippen LogP contribution in [0.3, 0.4) is 0 Å². The van der Waals surface area contributed by atoms with E-state index in [1.54, 1.807) is 7.11 Å². The van der Waals surface area contributed by atoms with Crippen LogP contribution in [0.4, 0.5) is 0 Å². The Labute approximate surface area is 90.8 Å². The molecule has 5 heteroatoms. The first-order chi connectivity index (χ1) is 7.24. The number of hydrogen-bond acceptors (Lipinski definition) is 4. The molecule has 0 saturated heterocycles. The Bertz CT molecular complexity index is 158. The van der Waals surface area contributed by atoms with Gasteiger partial charge in [-0.1, -0.05) is 0 Å².